The van der Waals surface area contributed by atoms with Crippen molar-refractivity contribution in [1.29, 1.82) is 0 Å². The highest BCUT2D eigenvalue weighted by Crippen LogP contribution is 2.24. The minimum absolute atomic E-state index is 0.632. The molecule has 1 aromatic heterocycles. The van der Waals surface area contributed by atoms with Crippen molar-refractivity contribution in [1.82, 2.24) is 14.8 Å². The van der Waals surface area contributed by atoms with Gasteiger partial charge in [-0.25, -0.2) is 4.98 Å². The molecule has 1 unspecified atom stereocenters. The molecule has 3 heterocycles. The van der Waals surface area contributed by atoms with E-state index >= 15 is 0 Å². The summed E-state index contributed by atoms with van der Waals surface area (Å²) in [6.07, 6.45) is 10.1. The average Bonchev–Trinajstić information content (AvgIpc) is 2.56. The number of nitrogens with two attached hydrogens (primary N) is 1. The van der Waals surface area contributed by atoms with Crippen LogP contribution >= 0.6 is 0 Å². The summed E-state index contributed by atoms with van der Waals surface area (Å²) in [4.78, 5) is 9.36. The summed E-state index contributed by atoms with van der Waals surface area (Å²) < 4.78 is 0. The number of nitrogen functional groups attached to an aromatic ring is 1. The first-order chi connectivity index (χ1) is 11.2. The van der Waals surface area contributed by atoms with Gasteiger partial charge in [-0.15, -0.1) is 0 Å². The maximum Gasteiger partial charge on any atom is 0.123 e. The number of pyridine rings is 1. The molecule has 4 nitrogen and oxygen atoms in total. The van der Waals surface area contributed by atoms with Crippen LogP contribution in [-0.4, -0.2) is 47.0 Å². The average molecular weight is 316 g/mol. The highest BCUT2D eigenvalue weighted by atomic mass is 15.2. The Balaban J connectivity index is 1.38. The van der Waals surface area contributed by atoms with Crippen molar-refractivity contribution < 1.29 is 0 Å². The summed E-state index contributed by atoms with van der Waals surface area (Å²) in [6.45, 7) is 8.51. The summed E-state index contributed by atoms with van der Waals surface area (Å²) in [5.74, 6) is 1.55. The third-order valence-corrected chi connectivity index (χ3v) is 5.72. The summed E-state index contributed by atoms with van der Waals surface area (Å²) in [5.41, 5.74) is 7.06. The molecule has 128 valence electrons. The lowest BCUT2D eigenvalue weighted by Gasteiger charge is -2.36. The predicted molar refractivity (Wildman–Crippen MR) is 96.2 cm³/mol. The van der Waals surface area contributed by atoms with E-state index in [0.717, 1.165) is 18.5 Å². The fourth-order valence-corrected chi connectivity index (χ4v) is 4.12. The Kier molecular flexibility index (Phi) is 5.90. The van der Waals surface area contributed by atoms with Crippen LogP contribution in [0.3, 0.4) is 0 Å². The van der Waals surface area contributed by atoms with Gasteiger partial charge in [0.05, 0.1) is 0 Å². The first kappa shape index (κ1) is 16.7. The number of likely N-dealkylation sites (tertiary alicyclic amines) is 2. The standard InChI is InChI=1S/C19H32N4/c1-16-4-2-3-10-23(16)13-8-17-6-11-22(12-7-17)15-18-5-9-21-19(20)14-18/h5,9,14,16-17H,2-4,6-8,10-13,15H2,1H3,(H2,20,21). The quantitative estimate of drug-likeness (QED) is 0.906. The van der Waals surface area contributed by atoms with Crippen LogP contribution in [0.4, 0.5) is 5.82 Å². The Hall–Kier alpha value is -1.13. The molecule has 3 rings (SSSR count). The topological polar surface area (TPSA) is 45.4 Å². The van der Waals surface area contributed by atoms with Gasteiger partial charge in [-0.05, 0) is 88.8 Å². The molecule has 23 heavy (non-hydrogen) atoms. The molecule has 0 amide bonds. The predicted octanol–water partition coefficient (Wildman–Crippen LogP) is 3.14. The van der Waals surface area contributed by atoms with Crippen LogP contribution in [-0.2, 0) is 6.54 Å². The normalized spacial score (nSPS) is 24.8. The van der Waals surface area contributed by atoms with Gasteiger partial charge in [0.1, 0.15) is 5.82 Å². The van der Waals surface area contributed by atoms with Crippen LogP contribution < -0.4 is 5.73 Å². The van der Waals surface area contributed by atoms with Crippen molar-refractivity contribution in [2.45, 2.75) is 58.0 Å². The molecule has 2 aliphatic heterocycles. The molecule has 0 saturated carbocycles. The molecule has 0 aromatic carbocycles. The second-order valence-corrected chi connectivity index (χ2v) is 7.48. The smallest absolute Gasteiger partial charge is 0.123 e. The van der Waals surface area contributed by atoms with Crippen LogP contribution in [0.5, 0.6) is 0 Å². The fraction of sp³-hybridized carbons (Fsp3) is 0.737. The third kappa shape index (κ3) is 4.92. The molecule has 1 aromatic rings. The van der Waals surface area contributed by atoms with E-state index in [0.29, 0.717) is 5.82 Å². The fourth-order valence-electron chi connectivity index (χ4n) is 4.12. The van der Waals surface area contributed by atoms with E-state index < -0.39 is 0 Å². The lowest BCUT2D eigenvalue weighted by atomic mass is 9.92. The number of aromatic nitrogens is 1. The molecule has 0 bridgehead atoms. The highest BCUT2D eigenvalue weighted by Gasteiger charge is 2.22. The number of anilines is 1. The molecule has 2 N–H and O–H groups in total. The molecular weight excluding hydrogens is 284 g/mol. The van der Waals surface area contributed by atoms with Gasteiger partial charge >= 0.3 is 0 Å². The van der Waals surface area contributed by atoms with Crippen molar-refractivity contribution in [3.63, 3.8) is 0 Å². The van der Waals surface area contributed by atoms with Crippen molar-refractivity contribution in [3.8, 4) is 0 Å². The molecule has 1 atom stereocenters. The number of rotatable bonds is 5. The van der Waals surface area contributed by atoms with Gasteiger partial charge in [-0.2, -0.15) is 0 Å². The Morgan fingerprint density at radius 3 is 2.74 bits per heavy atom. The Morgan fingerprint density at radius 2 is 2.00 bits per heavy atom. The van der Waals surface area contributed by atoms with Crippen LogP contribution in [0, 0.1) is 5.92 Å². The maximum atomic E-state index is 5.77. The second-order valence-electron chi connectivity index (χ2n) is 7.48. The van der Waals surface area contributed by atoms with Gasteiger partial charge in [-0.1, -0.05) is 6.42 Å². The van der Waals surface area contributed by atoms with E-state index in [9.17, 15) is 0 Å². The summed E-state index contributed by atoms with van der Waals surface area (Å²) in [7, 11) is 0. The highest BCUT2D eigenvalue weighted by molar-refractivity contribution is 5.31. The summed E-state index contributed by atoms with van der Waals surface area (Å²) in [5, 5.41) is 0. The van der Waals surface area contributed by atoms with E-state index in [4.69, 9.17) is 5.73 Å². The molecule has 0 radical (unpaired) electrons. The van der Waals surface area contributed by atoms with E-state index in [1.807, 2.05) is 12.3 Å². The third-order valence-electron chi connectivity index (χ3n) is 5.72. The van der Waals surface area contributed by atoms with Gasteiger partial charge in [0.2, 0.25) is 0 Å². The lowest BCUT2D eigenvalue weighted by Crippen LogP contribution is -2.40. The Morgan fingerprint density at radius 1 is 1.17 bits per heavy atom. The minimum atomic E-state index is 0.632. The first-order valence-corrected chi connectivity index (χ1v) is 9.37. The number of piperidine rings is 2. The number of nitrogens with zero attached hydrogens (tertiary/aromatic N) is 3. The van der Waals surface area contributed by atoms with Gasteiger partial charge in [0.25, 0.3) is 0 Å². The zero-order chi connectivity index (χ0) is 16.1. The van der Waals surface area contributed by atoms with E-state index in [-0.39, 0.29) is 0 Å². The van der Waals surface area contributed by atoms with E-state index in [1.54, 1.807) is 0 Å². The zero-order valence-electron chi connectivity index (χ0n) is 14.6. The molecule has 2 aliphatic rings. The van der Waals surface area contributed by atoms with Gasteiger partial charge in [-0.3, -0.25) is 4.90 Å². The van der Waals surface area contributed by atoms with Crippen molar-refractivity contribution in [3.05, 3.63) is 23.9 Å². The van der Waals surface area contributed by atoms with Crippen LogP contribution in [0.1, 0.15) is 51.0 Å². The van der Waals surface area contributed by atoms with Crippen molar-refractivity contribution >= 4 is 5.82 Å². The van der Waals surface area contributed by atoms with Crippen LogP contribution in [0.25, 0.3) is 0 Å². The largest absolute Gasteiger partial charge is 0.384 e. The number of hydrogen-bond acceptors (Lipinski definition) is 4. The lowest BCUT2D eigenvalue weighted by molar-refractivity contribution is 0.126. The summed E-state index contributed by atoms with van der Waals surface area (Å²) >= 11 is 0. The van der Waals surface area contributed by atoms with Crippen LogP contribution in [0.15, 0.2) is 18.3 Å². The van der Waals surface area contributed by atoms with Gasteiger partial charge < -0.3 is 10.6 Å². The number of hydrogen-bond donors (Lipinski definition) is 1. The van der Waals surface area contributed by atoms with E-state index in [1.165, 1.54) is 70.3 Å². The second kappa shape index (κ2) is 8.11. The SMILES string of the molecule is CC1CCCCN1CCC1CCN(Cc2ccnc(N)c2)CC1. The van der Waals surface area contributed by atoms with Crippen LogP contribution in [0.2, 0.25) is 0 Å². The molecular formula is C19H32N4. The molecule has 0 aliphatic carbocycles. The van der Waals surface area contributed by atoms with Gasteiger partial charge in [0, 0.05) is 18.8 Å². The monoisotopic (exact) mass is 316 g/mol. The molecule has 2 fully saturated rings. The minimum Gasteiger partial charge on any atom is -0.384 e. The maximum absolute atomic E-state index is 5.77. The van der Waals surface area contributed by atoms with Crippen molar-refractivity contribution in [2.24, 2.45) is 5.92 Å². The molecule has 2 saturated heterocycles. The molecule has 0 spiro atoms. The Bertz CT molecular complexity index is 482. The van der Waals surface area contributed by atoms with Crippen molar-refractivity contribution in [2.75, 3.05) is 31.9 Å². The Labute approximate surface area is 141 Å². The molecule has 4 heteroatoms. The summed E-state index contributed by atoms with van der Waals surface area (Å²) in [6, 6.07) is 4.89. The van der Waals surface area contributed by atoms with E-state index in [2.05, 4.69) is 27.8 Å². The zero-order valence-corrected chi connectivity index (χ0v) is 14.6. The van der Waals surface area contributed by atoms with Gasteiger partial charge in [0.15, 0.2) is 0 Å². The first-order valence-electron chi connectivity index (χ1n) is 9.37.